The van der Waals surface area contributed by atoms with Gasteiger partial charge in [0.25, 0.3) is 0 Å². The highest BCUT2D eigenvalue weighted by molar-refractivity contribution is 5.27. The highest BCUT2D eigenvalue weighted by atomic mass is 16.5. The van der Waals surface area contributed by atoms with Gasteiger partial charge in [0.2, 0.25) is 0 Å². The summed E-state index contributed by atoms with van der Waals surface area (Å²) in [4.78, 5) is 0. The van der Waals surface area contributed by atoms with Crippen molar-refractivity contribution in [1.29, 1.82) is 0 Å². The molecule has 0 bridgehead atoms. The topological polar surface area (TPSA) is 18.5 Å². The zero-order valence-electron chi connectivity index (χ0n) is 30.6. The van der Waals surface area contributed by atoms with Crippen LogP contribution in [0.2, 0.25) is 0 Å². The summed E-state index contributed by atoms with van der Waals surface area (Å²) in [6, 6.07) is 0. The molecular weight excluding hydrogens is 536 g/mol. The maximum atomic E-state index is 5.47. The van der Waals surface area contributed by atoms with Crippen LogP contribution in [0.1, 0.15) is 121 Å². The van der Waals surface area contributed by atoms with Crippen LogP contribution in [0.3, 0.4) is 0 Å². The second-order valence-electron chi connectivity index (χ2n) is 13.4. The molecule has 0 saturated carbocycles. The molecule has 0 aliphatic rings. The lowest BCUT2D eigenvalue weighted by atomic mass is 10.0. The number of ether oxygens (including phenoxy) is 2. The SMILES string of the molecule is COC(C)(C)C/C=C/C(C)=C/CC/C(C)=C/C=C/C(C)=C/C=C\C=C(/C)CC/C=C(\C)CC/C=C(C)/C=C/CC(C)(C)OC. The minimum Gasteiger partial charge on any atom is -0.378 e. The van der Waals surface area contributed by atoms with Crippen molar-refractivity contribution in [3.8, 4) is 0 Å². The van der Waals surface area contributed by atoms with Gasteiger partial charge < -0.3 is 9.47 Å². The highest BCUT2D eigenvalue weighted by Crippen LogP contribution is 2.16. The van der Waals surface area contributed by atoms with Gasteiger partial charge in [0.05, 0.1) is 11.2 Å². The number of allylic oxidation sites excluding steroid dienone is 18. The third kappa shape index (κ3) is 24.7. The molecule has 0 radical (unpaired) electrons. The van der Waals surface area contributed by atoms with Gasteiger partial charge in [0, 0.05) is 14.2 Å². The second kappa shape index (κ2) is 23.7. The Kier molecular flexibility index (Phi) is 22.2. The van der Waals surface area contributed by atoms with Crippen LogP contribution < -0.4 is 0 Å². The summed E-state index contributed by atoms with van der Waals surface area (Å²) < 4.78 is 10.9. The summed E-state index contributed by atoms with van der Waals surface area (Å²) >= 11 is 0. The van der Waals surface area contributed by atoms with Crippen LogP contribution >= 0.6 is 0 Å². The Bertz CT molecular complexity index is 1120. The minimum absolute atomic E-state index is 0.0958. The van der Waals surface area contributed by atoms with Crippen LogP contribution in [0.5, 0.6) is 0 Å². The Balaban J connectivity index is 4.49. The molecule has 246 valence electrons. The molecule has 0 aromatic heterocycles. The van der Waals surface area contributed by atoms with Crippen molar-refractivity contribution in [2.45, 2.75) is 132 Å². The first kappa shape index (κ1) is 41.3. The Morgan fingerprint density at radius 3 is 1.36 bits per heavy atom. The van der Waals surface area contributed by atoms with Gasteiger partial charge in [-0.2, -0.15) is 0 Å². The van der Waals surface area contributed by atoms with E-state index in [-0.39, 0.29) is 11.2 Å². The van der Waals surface area contributed by atoms with Crippen molar-refractivity contribution in [3.63, 3.8) is 0 Å². The monoisotopic (exact) mass is 603 g/mol. The normalized spacial score (nSPS) is 15.7. The van der Waals surface area contributed by atoms with Crippen molar-refractivity contribution in [2.24, 2.45) is 0 Å². The molecule has 0 heterocycles. The van der Waals surface area contributed by atoms with E-state index >= 15 is 0 Å². The first-order valence-corrected chi connectivity index (χ1v) is 16.5. The van der Waals surface area contributed by atoms with Gasteiger partial charge in [-0.3, -0.25) is 0 Å². The van der Waals surface area contributed by atoms with E-state index in [0.717, 1.165) is 51.4 Å². The summed E-state index contributed by atoms with van der Waals surface area (Å²) in [5.74, 6) is 0. The van der Waals surface area contributed by atoms with Crippen LogP contribution in [-0.4, -0.2) is 25.4 Å². The van der Waals surface area contributed by atoms with Gasteiger partial charge in [-0.1, -0.05) is 119 Å². The average Bonchev–Trinajstić information content (AvgIpc) is 2.95. The average molecular weight is 603 g/mol. The fraction of sp³-hybridized carbons (Fsp3) is 0.524. The molecular formula is C42H66O2. The molecule has 0 aliphatic heterocycles. The summed E-state index contributed by atoms with van der Waals surface area (Å²) in [7, 11) is 3.54. The molecule has 0 spiro atoms. The van der Waals surface area contributed by atoms with Gasteiger partial charge in [0.15, 0.2) is 0 Å². The first-order valence-electron chi connectivity index (χ1n) is 16.5. The van der Waals surface area contributed by atoms with Gasteiger partial charge in [-0.05, 0) is 121 Å². The number of hydrogen-bond acceptors (Lipinski definition) is 2. The van der Waals surface area contributed by atoms with Crippen molar-refractivity contribution >= 4 is 0 Å². The Morgan fingerprint density at radius 2 is 0.886 bits per heavy atom. The quantitative estimate of drug-likeness (QED) is 0.0961. The molecule has 0 aromatic rings. The molecule has 2 nitrogen and oxygen atoms in total. The summed E-state index contributed by atoms with van der Waals surface area (Å²) in [6.45, 7) is 21.6. The fourth-order valence-electron chi connectivity index (χ4n) is 4.08. The molecule has 0 fully saturated rings. The summed E-state index contributed by atoms with van der Waals surface area (Å²) in [5.41, 5.74) is 7.95. The van der Waals surface area contributed by atoms with Gasteiger partial charge in [-0.25, -0.2) is 0 Å². The van der Waals surface area contributed by atoms with Crippen LogP contribution in [0.4, 0.5) is 0 Å². The van der Waals surface area contributed by atoms with E-state index in [9.17, 15) is 0 Å². The van der Waals surface area contributed by atoms with Crippen molar-refractivity contribution in [2.75, 3.05) is 14.2 Å². The van der Waals surface area contributed by atoms with Crippen LogP contribution in [0.15, 0.2) is 119 Å². The molecule has 0 rings (SSSR count). The fourth-order valence-corrected chi connectivity index (χ4v) is 4.08. The molecule has 0 N–H and O–H groups in total. The van der Waals surface area contributed by atoms with Crippen LogP contribution in [0, 0.1) is 0 Å². The highest BCUT2D eigenvalue weighted by Gasteiger charge is 2.13. The zero-order chi connectivity index (χ0) is 33.4. The molecule has 0 amide bonds. The van der Waals surface area contributed by atoms with Crippen molar-refractivity contribution < 1.29 is 9.47 Å². The van der Waals surface area contributed by atoms with Crippen molar-refractivity contribution in [1.82, 2.24) is 0 Å². The minimum atomic E-state index is -0.101. The largest absolute Gasteiger partial charge is 0.378 e. The second-order valence-corrected chi connectivity index (χ2v) is 13.4. The third-order valence-corrected chi connectivity index (χ3v) is 7.72. The predicted octanol–water partition coefficient (Wildman–Crippen LogP) is 12.9. The van der Waals surface area contributed by atoms with E-state index in [4.69, 9.17) is 9.47 Å². The third-order valence-electron chi connectivity index (χ3n) is 7.72. The summed E-state index contributed by atoms with van der Waals surface area (Å²) in [5, 5.41) is 0. The maximum Gasteiger partial charge on any atom is 0.0657 e. The van der Waals surface area contributed by atoms with E-state index in [0.29, 0.717) is 0 Å². The number of hydrogen-bond donors (Lipinski definition) is 0. The lowest BCUT2D eigenvalue weighted by Gasteiger charge is -2.20. The molecule has 2 heteroatoms. The lowest BCUT2D eigenvalue weighted by Crippen LogP contribution is -2.20. The van der Waals surface area contributed by atoms with E-state index in [1.54, 1.807) is 14.2 Å². The molecule has 0 saturated heterocycles. The zero-order valence-corrected chi connectivity index (χ0v) is 30.6. The van der Waals surface area contributed by atoms with E-state index < -0.39 is 0 Å². The number of methoxy groups -OCH3 is 2. The molecule has 0 aromatic carbocycles. The van der Waals surface area contributed by atoms with E-state index in [2.05, 4.69) is 154 Å². The predicted molar refractivity (Wildman–Crippen MR) is 198 cm³/mol. The van der Waals surface area contributed by atoms with Crippen LogP contribution in [-0.2, 0) is 9.47 Å². The molecule has 0 unspecified atom stereocenters. The van der Waals surface area contributed by atoms with E-state index in [1.807, 2.05) is 0 Å². The summed E-state index contributed by atoms with van der Waals surface area (Å²) in [6.07, 6.45) is 39.5. The Hall–Kier alpha value is -2.68. The van der Waals surface area contributed by atoms with Gasteiger partial charge in [0.1, 0.15) is 0 Å². The number of rotatable bonds is 21. The molecule has 0 aliphatic carbocycles. The van der Waals surface area contributed by atoms with Gasteiger partial charge >= 0.3 is 0 Å². The van der Waals surface area contributed by atoms with E-state index in [1.165, 1.54) is 33.4 Å². The Morgan fingerprint density at radius 1 is 0.477 bits per heavy atom. The first-order chi connectivity index (χ1) is 20.7. The lowest BCUT2D eigenvalue weighted by molar-refractivity contribution is 0.0252. The van der Waals surface area contributed by atoms with Gasteiger partial charge in [-0.15, -0.1) is 0 Å². The van der Waals surface area contributed by atoms with Crippen LogP contribution in [0.25, 0.3) is 0 Å². The van der Waals surface area contributed by atoms with Crippen molar-refractivity contribution in [3.05, 3.63) is 119 Å². The molecule has 44 heavy (non-hydrogen) atoms. The molecule has 0 atom stereocenters. The smallest absolute Gasteiger partial charge is 0.0657 e. The standard InChI is InChI=1S/C42H66O2/c1-35(23-15-25-37(3)27-17-29-39(5)31-19-33-41(7,8)43-11)21-13-14-22-36(2)24-16-26-38(4)28-18-30-40(6)32-20-34-42(9,10)44-12/h13-15,19-23,25-26,29-32H,16-18,24,27-28,33-34H2,1-12H3/b14-13-,23-15+,31-19+,32-20+,35-21+,36-22+,37-25+,38-26+,39-29+,40-30+. The Labute approximate surface area is 273 Å². The maximum absolute atomic E-state index is 5.47.